The molecule has 0 saturated heterocycles. The molecule has 1 aromatic carbocycles. The maximum Gasteiger partial charge on any atom is 0.137 e. The summed E-state index contributed by atoms with van der Waals surface area (Å²) in [6.45, 7) is 0. The molecule has 0 saturated carbocycles. The van der Waals surface area contributed by atoms with Gasteiger partial charge in [-0.3, -0.25) is 0 Å². The number of fused-ring (bicyclic) bond motifs is 1. The summed E-state index contributed by atoms with van der Waals surface area (Å²) in [6.07, 6.45) is 6.26. The molecule has 0 spiro atoms. The van der Waals surface area contributed by atoms with Crippen LogP contribution in [0.1, 0.15) is 22.4 Å². The van der Waals surface area contributed by atoms with Gasteiger partial charge in [-0.1, -0.05) is 41.4 Å². The number of H-pyrrole nitrogens is 1. The van der Waals surface area contributed by atoms with E-state index in [1.165, 1.54) is 11.1 Å². The maximum atomic E-state index is 6.45. The Hall–Kier alpha value is -2.36. The summed E-state index contributed by atoms with van der Waals surface area (Å²) in [6, 6.07) is 16.1. The van der Waals surface area contributed by atoms with Crippen molar-refractivity contribution < 1.29 is 0 Å². The van der Waals surface area contributed by atoms with Crippen LogP contribution in [0.3, 0.4) is 0 Å². The van der Waals surface area contributed by atoms with E-state index in [0.29, 0.717) is 5.15 Å². The number of pyridine rings is 2. The highest BCUT2D eigenvalue weighted by atomic mass is 35.5. The first kappa shape index (κ1) is 17.1. The topological polar surface area (TPSA) is 41.6 Å². The standard InChI is InChI=1S/C21H17Cl2N3/c22-17-7-3-14(4-8-17)5-9-18-10-6-15(20(23)26-18)12-16-13-25-21-19(16)2-1-11-24-21/h1-4,6-8,10-11,13H,5,9,12H2,(H,24,25). The van der Waals surface area contributed by atoms with E-state index in [4.69, 9.17) is 23.2 Å². The Morgan fingerprint density at radius 1 is 0.885 bits per heavy atom. The molecule has 3 heterocycles. The number of rotatable bonds is 5. The first-order chi connectivity index (χ1) is 12.7. The van der Waals surface area contributed by atoms with Gasteiger partial charge in [-0.2, -0.15) is 0 Å². The molecule has 0 aliphatic rings. The van der Waals surface area contributed by atoms with Crippen LogP contribution in [0.5, 0.6) is 0 Å². The number of hydrogen-bond donors (Lipinski definition) is 1. The highest BCUT2D eigenvalue weighted by Crippen LogP contribution is 2.23. The van der Waals surface area contributed by atoms with Crippen LogP contribution in [0.25, 0.3) is 11.0 Å². The van der Waals surface area contributed by atoms with Crippen molar-refractivity contribution >= 4 is 34.2 Å². The molecule has 4 aromatic rings. The van der Waals surface area contributed by atoms with Crippen molar-refractivity contribution in [3.8, 4) is 0 Å². The van der Waals surface area contributed by atoms with E-state index < -0.39 is 0 Å². The number of aryl methyl sites for hydroxylation is 2. The average Bonchev–Trinajstić information content (AvgIpc) is 3.06. The molecule has 0 fully saturated rings. The zero-order chi connectivity index (χ0) is 17.9. The van der Waals surface area contributed by atoms with Crippen molar-refractivity contribution in [2.45, 2.75) is 19.3 Å². The lowest BCUT2D eigenvalue weighted by molar-refractivity contribution is 0.908. The summed E-state index contributed by atoms with van der Waals surface area (Å²) in [5.74, 6) is 0. The van der Waals surface area contributed by atoms with E-state index in [1.54, 1.807) is 6.20 Å². The molecule has 130 valence electrons. The predicted octanol–water partition coefficient (Wildman–Crippen LogP) is 5.64. The Kier molecular flexibility index (Phi) is 4.91. The van der Waals surface area contributed by atoms with E-state index in [2.05, 4.69) is 33.2 Å². The number of benzene rings is 1. The van der Waals surface area contributed by atoms with Gasteiger partial charge in [-0.25, -0.2) is 9.97 Å². The second-order valence-electron chi connectivity index (χ2n) is 6.27. The van der Waals surface area contributed by atoms with Crippen molar-refractivity contribution in [2.24, 2.45) is 0 Å². The normalized spacial score (nSPS) is 11.2. The van der Waals surface area contributed by atoms with E-state index >= 15 is 0 Å². The number of nitrogens with zero attached hydrogens (tertiary/aromatic N) is 2. The summed E-state index contributed by atoms with van der Waals surface area (Å²) < 4.78 is 0. The SMILES string of the molecule is Clc1ccc(CCc2ccc(Cc3c[nH]c4ncccc34)c(Cl)n2)cc1. The number of halogens is 2. The Morgan fingerprint density at radius 2 is 1.73 bits per heavy atom. The lowest BCUT2D eigenvalue weighted by Crippen LogP contribution is -1.98. The Balaban J connectivity index is 1.48. The summed E-state index contributed by atoms with van der Waals surface area (Å²) in [7, 11) is 0. The van der Waals surface area contributed by atoms with Gasteiger partial charge in [0, 0.05) is 34.9 Å². The minimum atomic E-state index is 0.567. The molecule has 5 heteroatoms. The van der Waals surface area contributed by atoms with Crippen LogP contribution >= 0.6 is 23.2 Å². The van der Waals surface area contributed by atoms with Crippen LogP contribution in [-0.4, -0.2) is 15.0 Å². The molecule has 0 amide bonds. The first-order valence-electron chi connectivity index (χ1n) is 8.49. The van der Waals surface area contributed by atoms with Gasteiger partial charge in [0.25, 0.3) is 0 Å². The monoisotopic (exact) mass is 381 g/mol. The van der Waals surface area contributed by atoms with Crippen LogP contribution in [0, 0.1) is 0 Å². The van der Waals surface area contributed by atoms with Crippen LogP contribution in [0.4, 0.5) is 0 Å². The summed E-state index contributed by atoms with van der Waals surface area (Å²) >= 11 is 12.4. The molecule has 4 rings (SSSR count). The van der Waals surface area contributed by atoms with E-state index in [-0.39, 0.29) is 0 Å². The van der Waals surface area contributed by atoms with Crippen molar-refractivity contribution in [3.05, 3.63) is 93.5 Å². The van der Waals surface area contributed by atoms with Crippen LogP contribution in [0.15, 0.2) is 60.9 Å². The Bertz CT molecular complexity index is 1040. The summed E-state index contributed by atoms with van der Waals surface area (Å²) in [5, 5.41) is 2.44. The molecular weight excluding hydrogens is 365 g/mol. The van der Waals surface area contributed by atoms with Crippen LogP contribution < -0.4 is 0 Å². The number of nitrogens with one attached hydrogen (secondary N) is 1. The van der Waals surface area contributed by atoms with Gasteiger partial charge in [-0.15, -0.1) is 0 Å². The lowest BCUT2D eigenvalue weighted by Gasteiger charge is -2.07. The van der Waals surface area contributed by atoms with Crippen LogP contribution in [0.2, 0.25) is 10.2 Å². The molecule has 0 atom stereocenters. The van der Waals surface area contributed by atoms with E-state index in [1.807, 2.05) is 36.5 Å². The van der Waals surface area contributed by atoms with Gasteiger partial charge >= 0.3 is 0 Å². The van der Waals surface area contributed by atoms with Gasteiger partial charge in [0.2, 0.25) is 0 Å². The van der Waals surface area contributed by atoms with Gasteiger partial charge in [0.1, 0.15) is 10.8 Å². The number of hydrogen-bond acceptors (Lipinski definition) is 2. The number of aromatic amines is 1. The fourth-order valence-corrected chi connectivity index (χ4v) is 3.42. The van der Waals surface area contributed by atoms with Gasteiger partial charge in [0.15, 0.2) is 0 Å². The first-order valence-corrected chi connectivity index (χ1v) is 9.24. The molecule has 0 bridgehead atoms. The molecular formula is C21H17Cl2N3. The minimum absolute atomic E-state index is 0.567. The van der Waals surface area contributed by atoms with Crippen molar-refractivity contribution in [3.63, 3.8) is 0 Å². The quantitative estimate of drug-likeness (QED) is 0.454. The molecule has 1 N–H and O–H groups in total. The maximum absolute atomic E-state index is 6.45. The minimum Gasteiger partial charge on any atom is -0.346 e. The zero-order valence-electron chi connectivity index (χ0n) is 14.0. The Morgan fingerprint density at radius 3 is 2.54 bits per heavy atom. The predicted molar refractivity (Wildman–Crippen MR) is 107 cm³/mol. The molecule has 3 aromatic heterocycles. The molecule has 0 radical (unpaired) electrons. The highest BCUT2D eigenvalue weighted by Gasteiger charge is 2.09. The molecule has 26 heavy (non-hydrogen) atoms. The summed E-state index contributed by atoms with van der Waals surface area (Å²) in [4.78, 5) is 12.1. The molecule has 0 aliphatic heterocycles. The van der Waals surface area contributed by atoms with Crippen molar-refractivity contribution in [2.75, 3.05) is 0 Å². The molecule has 0 aliphatic carbocycles. The molecule has 0 unspecified atom stereocenters. The zero-order valence-corrected chi connectivity index (χ0v) is 15.6. The Labute approximate surface area is 162 Å². The number of aromatic nitrogens is 3. The second-order valence-corrected chi connectivity index (χ2v) is 7.06. The third-order valence-electron chi connectivity index (χ3n) is 4.48. The van der Waals surface area contributed by atoms with Crippen molar-refractivity contribution in [1.29, 1.82) is 0 Å². The van der Waals surface area contributed by atoms with Gasteiger partial charge in [-0.05, 0) is 59.9 Å². The fourth-order valence-electron chi connectivity index (χ4n) is 3.06. The van der Waals surface area contributed by atoms with E-state index in [0.717, 1.165) is 46.6 Å². The average molecular weight is 382 g/mol. The molecule has 3 nitrogen and oxygen atoms in total. The third-order valence-corrected chi connectivity index (χ3v) is 5.06. The van der Waals surface area contributed by atoms with Gasteiger partial charge in [0.05, 0.1) is 0 Å². The largest absolute Gasteiger partial charge is 0.346 e. The third kappa shape index (κ3) is 3.74. The van der Waals surface area contributed by atoms with Crippen molar-refractivity contribution in [1.82, 2.24) is 15.0 Å². The van der Waals surface area contributed by atoms with Crippen LogP contribution in [-0.2, 0) is 19.3 Å². The fraction of sp³-hybridized carbons (Fsp3) is 0.143. The van der Waals surface area contributed by atoms with Gasteiger partial charge < -0.3 is 4.98 Å². The second kappa shape index (κ2) is 7.48. The smallest absolute Gasteiger partial charge is 0.137 e. The lowest BCUT2D eigenvalue weighted by atomic mass is 10.0. The van der Waals surface area contributed by atoms with E-state index in [9.17, 15) is 0 Å². The summed E-state index contributed by atoms with van der Waals surface area (Å²) in [5.41, 5.74) is 5.32. The highest BCUT2D eigenvalue weighted by molar-refractivity contribution is 6.30.